The molecular weight excluding hydrogens is 348 g/mol. The third-order valence-corrected chi connectivity index (χ3v) is 5.54. The zero-order chi connectivity index (χ0) is 18.3. The molecule has 1 aromatic heterocycles. The summed E-state index contributed by atoms with van der Waals surface area (Å²) in [7, 11) is 1.93. The first kappa shape index (κ1) is 16.6. The number of amides is 1. The van der Waals surface area contributed by atoms with Crippen molar-refractivity contribution in [2.45, 2.75) is 13.8 Å². The van der Waals surface area contributed by atoms with Crippen LogP contribution < -0.4 is 14.3 Å². The second-order valence-corrected chi connectivity index (χ2v) is 7.25. The number of hydrogen-bond donors (Lipinski definition) is 0. The van der Waals surface area contributed by atoms with Crippen molar-refractivity contribution in [3.63, 3.8) is 0 Å². The Balaban J connectivity index is 1.63. The molecule has 0 fully saturated rings. The molecule has 0 saturated heterocycles. The van der Waals surface area contributed by atoms with E-state index < -0.39 is 0 Å². The van der Waals surface area contributed by atoms with E-state index in [0.29, 0.717) is 10.6 Å². The number of carbonyl (C=O) groups is 1. The Morgan fingerprint density at radius 1 is 1.15 bits per heavy atom. The van der Waals surface area contributed by atoms with E-state index in [2.05, 4.69) is 31.0 Å². The van der Waals surface area contributed by atoms with Crippen molar-refractivity contribution in [3.05, 3.63) is 57.9 Å². The van der Waals surface area contributed by atoms with Crippen molar-refractivity contribution in [1.82, 2.24) is 4.57 Å². The molecule has 3 aromatic rings. The summed E-state index contributed by atoms with van der Waals surface area (Å²) < 4.78 is 13.7. The van der Waals surface area contributed by atoms with Crippen LogP contribution in [0, 0.1) is 13.8 Å². The zero-order valence-corrected chi connectivity index (χ0v) is 15.6. The van der Waals surface area contributed by atoms with Crippen LogP contribution in [0.5, 0.6) is 11.5 Å². The number of aromatic nitrogens is 1. The van der Waals surface area contributed by atoms with Crippen LogP contribution in [-0.2, 0) is 11.8 Å². The lowest BCUT2D eigenvalue weighted by atomic mass is 10.1. The number of thiazole rings is 1. The van der Waals surface area contributed by atoms with Crippen molar-refractivity contribution in [1.29, 1.82) is 0 Å². The molecule has 6 heteroatoms. The van der Waals surface area contributed by atoms with Gasteiger partial charge in [-0.05, 0) is 60.9 Å². The van der Waals surface area contributed by atoms with Crippen molar-refractivity contribution < 1.29 is 14.3 Å². The lowest BCUT2D eigenvalue weighted by Gasteiger charge is -2.00. The maximum atomic E-state index is 12.3. The number of hydrogen-bond acceptors (Lipinski definition) is 4. The van der Waals surface area contributed by atoms with Crippen LogP contribution in [0.1, 0.15) is 16.7 Å². The Kier molecular flexibility index (Phi) is 4.12. The highest BCUT2D eigenvalue weighted by molar-refractivity contribution is 7.16. The van der Waals surface area contributed by atoms with E-state index in [0.717, 1.165) is 21.5 Å². The van der Waals surface area contributed by atoms with Gasteiger partial charge in [-0.15, -0.1) is 0 Å². The first-order chi connectivity index (χ1) is 12.5. The molecule has 132 valence electrons. The van der Waals surface area contributed by atoms with E-state index >= 15 is 0 Å². The Hall–Kier alpha value is -2.86. The van der Waals surface area contributed by atoms with E-state index in [1.807, 2.05) is 29.8 Å². The summed E-state index contributed by atoms with van der Waals surface area (Å²) in [4.78, 5) is 17.2. The minimum Gasteiger partial charge on any atom is -0.454 e. The summed E-state index contributed by atoms with van der Waals surface area (Å²) in [6.07, 6.45) is 3.20. The van der Waals surface area contributed by atoms with Gasteiger partial charge in [0.2, 0.25) is 6.79 Å². The summed E-state index contributed by atoms with van der Waals surface area (Å²) in [5, 5.41) is 0. The maximum absolute atomic E-state index is 12.3. The second kappa shape index (κ2) is 6.46. The number of nitrogens with zero attached hydrogens (tertiary/aromatic N) is 2. The van der Waals surface area contributed by atoms with Crippen LogP contribution in [0.2, 0.25) is 0 Å². The topological polar surface area (TPSA) is 52.8 Å². The molecule has 0 aliphatic carbocycles. The lowest BCUT2D eigenvalue weighted by Crippen LogP contribution is -2.12. The number of ether oxygens (including phenoxy) is 2. The van der Waals surface area contributed by atoms with Gasteiger partial charge in [0.1, 0.15) is 0 Å². The molecule has 2 heterocycles. The minimum absolute atomic E-state index is 0.234. The van der Waals surface area contributed by atoms with Crippen LogP contribution in [-0.4, -0.2) is 17.3 Å². The standard InChI is InChI=1S/C20H18N2O3S/c1-12-8-15-18(9-13(12)2)26-20(22(15)3)21-19(23)7-5-14-4-6-16-17(10-14)25-11-24-16/h4-10H,11H2,1-3H3. The van der Waals surface area contributed by atoms with Gasteiger partial charge in [-0.3, -0.25) is 4.79 Å². The third-order valence-electron chi connectivity index (χ3n) is 4.45. The Bertz CT molecular complexity index is 1120. The van der Waals surface area contributed by atoms with E-state index in [1.54, 1.807) is 6.08 Å². The highest BCUT2D eigenvalue weighted by Crippen LogP contribution is 2.32. The predicted molar refractivity (Wildman–Crippen MR) is 102 cm³/mol. The summed E-state index contributed by atoms with van der Waals surface area (Å²) in [6, 6.07) is 9.83. The smallest absolute Gasteiger partial charge is 0.272 e. The fourth-order valence-electron chi connectivity index (χ4n) is 2.80. The molecule has 1 aliphatic heterocycles. The molecule has 4 rings (SSSR count). The van der Waals surface area contributed by atoms with Gasteiger partial charge in [0.05, 0.1) is 10.2 Å². The summed E-state index contributed by atoms with van der Waals surface area (Å²) in [6.45, 7) is 4.41. The fourth-order valence-corrected chi connectivity index (χ4v) is 3.91. The molecule has 0 saturated carbocycles. The Morgan fingerprint density at radius 3 is 2.77 bits per heavy atom. The Labute approximate surface area is 154 Å². The molecule has 0 radical (unpaired) electrons. The van der Waals surface area contributed by atoms with Gasteiger partial charge in [0.25, 0.3) is 5.91 Å². The first-order valence-corrected chi connectivity index (χ1v) is 9.06. The summed E-state index contributed by atoms with van der Waals surface area (Å²) in [5.74, 6) is 1.12. The van der Waals surface area contributed by atoms with Gasteiger partial charge >= 0.3 is 0 Å². The van der Waals surface area contributed by atoms with Crippen LogP contribution in [0.15, 0.2) is 41.4 Å². The number of aryl methyl sites for hydroxylation is 3. The fraction of sp³-hybridized carbons (Fsp3) is 0.200. The van der Waals surface area contributed by atoms with Gasteiger partial charge in [-0.1, -0.05) is 17.4 Å². The van der Waals surface area contributed by atoms with Gasteiger partial charge in [-0.25, -0.2) is 0 Å². The molecule has 0 bridgehead atoms. The van der Waals surface area contributed by atoms with Gasteiger partial charge in [-0.2, -0.15) is 4.99 Å². The van der Waals surface area contributed by atoms with Crippen molar-refractivity contribution >= 4 is 33.5 Å². The molecule has 2 aromatic carbocycles. The molecule has 0 unspecified atom stereocenters. The molecular formula is C20H18N2O3S. The quantitative estimate of drug-likeness (QED) is 0.650. The summed E-state index contributed by atoms with van der Waals surface area (Å²) in [5.41, 5.74) is 4.42. The number of benzene rings is 2. The monoisotopic (exact) mass is 366 g/mol. The van der Waals surface area contributed by atoms with Crippen LogP contribution in [0.25, 0.3) is 16.3 Å². The minimum atomic E-state index is -0.293. The van der Waals surface area contributed by atoms with E-state index in [4.69, 9.17) is 9.47 Å². The Morgan fingerprint density at radius 2 is 1.92 bits per heavy atom. The molecule has 1 amide bonds. The molecule has 5 nitrogen and oxygen atoms in total. The average Bonchev–Trinajstić information content (AvgIpc) is 3.19. The van der Waals surface area contributed by atoms with E-state index in [-0.39, 0.29) is 12.7 Å². The van der Waals surface area contributed by atoms with E-state index in [9.17, 15) is 4.79 Å². The summed E-state index contributed by atoms with van der Waals surface area (Å²) >= 11 is 1.52. The van der Waals surface area contributed by atoms with Crippen molar-refractivity contribution in [3.8, 4) is 11.5 Å². The largest absolute Gasteiger partial charge is 0.454 e. The van der Waals surface area contributed by atoms with Crippen LogP contribution >= 0.6 is 11.3 Å². The molecule has 0 N–H and O–H groups in total. The second-order valence-electron chi connectivity index (χ2n) is 6.24. The third kappa shape index (κ3) is 3.04. The van der Waals surface area contributed by atoms with E-state index in [1.165, 1.54) is 28.5 Å². The number of rotatable bonds is 2. The highest BCUT2D eigenvalue weighted by atomic mass is 32.1. The predicted octanol–water partition coefficient (Wildman–Crippen LogP) is 3.73. The van der Waals surface area contributed by atoms with Crippen molar-refractivity contribution in [2.75, 3.05) is 6.79 Å². The molecule has 26 heavy (non-hydrogen) atoms. The van der Waals surface area contributed by atoms with Gasteiger partial charge < -0.3 is 14.0 Å². The van der Waals surface area contributed by atoms with Crippen LogP contribution in [0.4, 0.5) is 0 Å². The average molecular weight is 366 g/mol. The van der Waals surface area contributed by atoms with Crippen molar-refractivity contribution in [2.24, 2.45) is 12.0 Å². The zero-order valence-electron chi connectivity index (χ0n) is 14.8. The number of carbonyl (C=O) groups excluding carboxylic acids is 1. The lowest BCUT2D eigenvalue weighted by molar-refractivity contribution is -0.113. The maximum Gasteiger partial charge on any atom is 0.272 e. The van der Waals surface area contributed by atoms with Crippen LogP contribution in [0.3, 0.4) is 0 Å². The first-order valence-electron chi connectivity index (χ1n) is 8.24. The normalized spacial score (nSPS) is 13.9. The number of fused-ring (bicyclic) bond motifs is 2. The molecule has 0 atom stereocenters. The van der Waals surface area contributed by atoms with Gasteiger partial charge in [0, 0.05) is 13.1 Å². The van der Waals surface area contributed by atoms with Gasteiger partial charge in [0.15, 0.2) is 16.3 Å². The SMILES string of the molecule is Cc1cc2sc(=NC(=O)C=Cc3ccc4c(c3)OCO4)n(C)c2cc1C. The molecule has 1 aliphatic rings. The highest BCUT2D eigenvalue weighted by Gasteiger charge is 2.12. The molecule has 0 spiro atoms.